The smallest absolute Gasteiger partial charge is 0.367 e. The number of hydrogen-bond donors (Lipinski definition) is 1. The van der Waals surface area contributed by atoms with Crippen LogP contribution in [0, 0.1) is 0 Å². The first-order valence-electron chi connectivity index (χ1n) is 7.54. The maximum Gasteiger partial charge on any atom is 0.411 e. The number of aromatic nitrogens is 1. The molecule has 0 atom stereocenters. The molecule has 0 unspecified atom stereocenters. The molecule has 0 fully saturated rings. The summed E-state index contributed by atoms with van der Waals surface area (Å²) in [6, 6.07) is 8.91. The van der Waals surface area contributed by atoms with Crippen LogP contribution in [0.25, 0.3) is 0 Å². The Kier molecular flexibility index (Phi) is 5.97. The van der Waals surface area contributed by atoms with E-state index < -0.39 is 12.8 Å². The number of nitrogens with one attached hydrogen (secondary N) is 1. The molecular formula is C17H17F3N2O3. The Labute approximate surface area is 142 Å². The third-order valence-corrected chi connectivity index (χ3v) is 3.33. The van der Waals surface area contributed by atoms with Crippen LogP contribution in [0.2, 0.25) is 0 Å². The van der Waals surface area contributed by atoms with Crippen LogP contribution in [0.15, 0.2) is 47.4 Å². The van der Waals surface area contributed by atoms with Crippen molar-refractivity contribution >= 4 is 11.6 Å². The molecule has 5 nitrogen and oxygen atoms in total. The lowest BCUT2D eigenvalue weighted by Gasteiger charge is -2.09. The van der Waals surface area contributed by atoms with Gasteiger partial charge in [-0.1, -0.05) is 12.1 Å². The van der Waals surface area contributed by atoms with Crippen molar-refractivity contribution in [2.24, 2.45) is 0 Å². The zero-order chi connectivity index (χ0) is 18.4. The summed E-state index contributed by atoms with van der Waals surface area (Å²) in [6.07, 6.45) is -2.83. The second kappa shape index (κ2) is 7.98. The van der Waals surface area contributed by atoms with Crippen molar-refractivity contribution in [3.63, 3.8) is 0 Å². The highest BCUT2D eigenvalue weighted by Crippen LogP contribution is 2.16. The molecule has 1 heterocycles. The quantitative estimate of drug-likeness (QED) is 0.867. The molecule has 0 radical (unpaired) electrons. The molecule has 1 aromatic carbocycles. The van der Waals surface area contributed by atoms with Crippen LogP contribution in [0.5, 0.6) is 0 Å². The first-order chi connectivity index (χ1) is 11.8. The maximum atomic E-state index is 12.2. The lowest BCUT2D eigenvalue weighted by atomic mass is 10.1. The number of halogens is 3. The summed E-state index contributed by atoms with van der Waals surface area (Å²) in [4.78, 5) is 23.7. The highest BCUT2D eigenvalue weighted by atomic mass is 19.4. The number of aryl methyl sites for hydroxylation is 1. The third-order valence-electron chi connectivity index (χ3n) is 3.33. The number of pyridine rings is 1. The van der Waals surface area contributed by atoms with Gasteiger partial charge in [0.15, 0.2) is 0 Å². The van der Waals surface area contributed by atoms with Gasteiger partial charge in [0.05, 0.1) is 12.3 Å². The largest absolute Gasteiger partial charge is 0.411 e. The van der Waals surface area contributed by atoms with Crippen LogP contribution in [0.4, 0.5) is 18.9 Å². The second-order valence-electron chi connectivity index (χ2n) is 5.30. The van der Waals surface area contributed by atoms with Crippen LogP contribution in [0.1, 0.15) is 22.8 Å². The minimum absolute atomic E-state index is 0.163. The first kappa shape index (κ1) is 18.7. The van der Waals surface area contributed by atoms with Crippen LogP contribution in [-0.2, 0) is 17.9 Å². The van der Waals surface area contributed by atoms with Gasteiger partial charge >= 0.3 is 6.18 Å². The van der Waals surface area contributed by atoms with Gasteiger partial charge in [0.2, 0.25) is 0 Å². The summed E-state index contributed by atoms with van der Waals surface area (Å²) in [5, 5.41) is 2.66. The lowest BCUT2D eigenvalue weighted by molar-refractivity contribution is -0.176. The molecule has 2 rings (SSSR count). The third kappa shape index (κ3) is 5.75. The number of alkyl halides is 3. The fourth-order valence-corrected chi connectivity index (χ4v) is 2.09. The lowest BCUT2D eigenvalue weighted by Crippen LogP contribution is -2.19. The van der Waals surface area contributed by atoms with Gasteiger partial charge in [0, 0.05) is 24.4 Å². The average Bonchev–Trinajstić information content (AvgIpc) is 2.56. The molecule has 1 aromatic heterocycles. The minimum atomic E-state index is -4.37. The van der Waals surface area contributed by atoms with E-state index >= 15 is 0 Å². The molecular weight excluding hydrogens is 337 g/mol. The Morgan fingerprint density at radius 3 is 2.44 bits per heavy atom. The fourth-order valence-electron chi connectivity index (χ4n) is 2.09. The number of ether oxygens (including phenoxy) is 1. The van der Waals surface area contributed by atoms with Crippen molar-refractivity contribution in [3.8, 4) is 0 Å². The molecule has 1 N–H and O–H groups in total. The van der Waals surface area contributed by atoms with Crippen LogP contribution < -0.4 is 10.9 Å². The minimum Gasteiger partial charge on any atom is -0.367 e. The Morgan fingerprint density at radius 1 is 1.16 bits per heavy atom. The van der Waals surface area contributed by atoms with E-state index in [1.54, 1.807) is 6.20 Å². The summed E-state index contributed by atoms with van der Waals surface area (Å²) in [5.41, 5.74) is 1.18. The summed E-state index contributed by atoms with van der Waals surface area (Å²) in [7, 11) is 0. The standard InChI is InChI=1S/C17H17F3N2O3/c1-2-22-9-14(7-8-15(22)23)21-16(24)13-5-3-12(4-6-13)10-25-11-17(18,19)20/h3-9H,2,10-11H2,1H3,(H,21,24). The van der Waals surface area contributed by atoms with E-state index in [0.717, 1.165) is 0 Å². The Morgan fingerprint density at radius 2 is 1.84 bits per heavy atom. The highest BCUT2D eigenvalue weighted by molar-refractivity contribution is 6.04. The van der Waals surface area contributed by atoms with Crippen molar-refractivity contribution in [1.82, 2.24) is 4.57 Å². The van der Waals surface area contributed by atoms with Gasteiger partial charge < -0.3 is 14.6 Å². The van der Waals surface area contributed by atoms with Crippen LogP contribution >= 0.6 is 0 Å². The van der Waals surface area contributed by atoms with E-state index in [2.05, 4.69) is 10.1 Å². The molecule has 0 saturated heterocycles. The highest BCUT2D eigenvalue weighted by Gasteiger charge is 2.27. The van der Waals surface area contributed by atoms with E-state index in [1.807, 2.05) is 6.92 Å². The van der Waals surface area contributed by atoms with Gasteiger partial charge in [-0.25, -0.2) is 0 Å². The fraction of sp³-hybridized carbons (Fsp3) is 0.294. The number of carbonyl (C=O) groups is 1. The topological polar surface area (TPSA) is 60.3 Å². The molecule has 134 valence electrons. The number of carbonyl (C=O) groups excluding carboxylic acids is 1. The number of hydrogen-bond acceptors (Lipinski definition) is 3. The van der Waals surface area contributed by atoms with E-state index in [0.29, 0.717) is 23.4 Å². The van der Waals surface area contributed by atoms with Gasteiger partial charge in [-0.3, -0.25) is 9.59 Å². The molecule has 0 aliphatic heterocycles. The number of amides is 1. The van der Waals surface area contributed by atoms with Crippen LogP contribution in [0.3, 0.4) is 0 Å². The number of benzene rings is 1. The van der Waals surface area contributed by atoms with Crippen molar-refractivity contribution in [2.75, 3.05) is 11.9 Å². The molecule has 0 spiro atoms. The van der Waals surface area contributed by atoms with Crippen molar-refractivity contribution in [2.45, 2.75) is 26.3 Å². The van der Waals surface area contributed by atoms with E-state index in [1.165, 1.54) is 41.0 Å². The maximum absolute atomic E-state index is 12.2. The molecule has 0 aliphatic carbocycles. The summed E-state index contributed by atoms with van der Waals surface area (Å²) >= 11 is 0. The second-order valence-corrected chi connectivity index (χ2v) is 5.30. The molecule has 0 saturated carbocycles. The van der Waals surface area contributed by atoms with Crippen molar-refractivity contribution in [3.05, 3.63) is 64.1 Å². The monoisotopic (exact) mass is 354 g/mol. The van der Waals surface area contributed by atoms with Gasteiger partial charge in [-0.2, -0.15) is 13.2 Å². The van der Waals surface area contributed by atoms with Crippen LogP contribution in [-0.4, -0.2) is 23.3 Å². The Bertz CT molecular complexity index is 783. The Balaban J connectivity index is 1.97. The van der Waals surface area contributed by atoms with Crippen molar-refractivity contribution in [1.29, 1.82) is 0 Å². The number of anilines is 1. The van der Waals surface area contributed by atoms with E-state index in [-0.39, 0.29) is 18.1 Å². The number of rotatable bonds is 6. The zero-order valence-corrected chi connectivity index (χ0v) is 13.5. The zero-order valence-electron chi connectivity index (χ0n) is 13.5. The normalized spacial score (nSPS) is 11.4. The predicted octanol–water partition coefficient (Wildman–Crippen LogP) is 3.20. The number of nitrogens with zero attached hydrogens (tertiary/aromatic N) is 1. The van der Waals surface area contributed by atoms with Gasteiger partial charge in [0.1, 0.15) is 6.61 Å². The SMILES string of the molecule is CCn1cc(NC(=O)c2ccc(COCC(F)(F)F)cc2)ccc1=O. The van der Waals surface area contributed by atoms with E-state index in [9.17, 15) is 22.8 Å². The molecule has 0 bridgehead atoms. The molecule has 8 heteroatoms. The molecule has 2 aromatic rings. The van der Waals surface area contributed by atoms with Gasteiger partial charge in [0.25, 0.3) is 11.5 Å². The Hall–Kier alpha value is -2.61. The molecule has 1 amide bonds. The van der Waals surface area contributed by atoms with E-state index in [4.69, 9.17) is 0 Å². The summed E-state index contributed by atoms with van der Waals surface area (Å²) in [6.45, 7) is 0.785. The first-order valence-corrected chi connectivity index (χ1v) is 7.54. The molecule has 25 heavy (non-hydrogen) atoms. The summed E-state index contributed by atoms with van der Waals surface area (Å²) < 4.78 is 42.1. The average molecular weight is 354 g/mol. The predicted molar refractivity (Wildman–Crippen MR) is 86.5 cm³/mol. The summed E-state index contributed by atoms with van der Waals surface area (Å²) in [5.74, 6) is -0.385. The van der Waals surface area contributed by atoms with Crippen molar-refractivity contribution < 1.29 is 22.7 Å². The van der Waals surface area contributed by atoms with Gasteiger partial charge in [-0.15, -0.1) is 0 Å². The van der Waals surface area contributed by atoms with Gasteiger partial charge in [-0.05, 0) is 30.7 Å². The molecule has 0 aliphatic rings.